The molecule has 2 heterocycles. The second-order valence-electron chi connectivity index (χ2n) is 2.79. The topological polar surface area (TPSA) is 64.7 Å². The molecule has 4 heteroatoms. The molecule has 4 nitrogen and oxygen atoms in total. The standard InChI is InChI=1S/C9H10N4/c1-2-8-11-5-6-3-4-7(10)12-9(6)13-8/h3-5H,2H2,1H3,(H2,10,11,12,13). The molecule has 0 spiro atoms. The Bertz CT molecular complexity index is 439. The predicted octanol–water partition coefficient (Wildman–Crippen LogP) is 1.17. The third-order valence-electron chi connectivity index (χ3n) is 1.83. The largest absolute Gasteiger partial charge is 0.384 e. The van der Waals surface area contributed by atoms with Crippen molar-refractivity contribution in [3.05, 3.63) is 24.2 Å². The van der Waals surface area contributed by atoms with Gasteiger partial charge >= 0.3 is 0 Å². The van der Waals surface area contributed by atoms with E-state index >= 15 is 0 Å². The molecule has 0 amide bonds. The normalized spacial score (nSPS) is 10.5. The van der Waals surface area contributed by atoms with E-state index in [2.05, 4.69) is 15.0 Å². The van der Waals surface area contributed by atoms with E-state index in [0.29, 0.717) is 11.5 Å². The number of anilines is 1. The van der Waals surface area contributed by atoms with Crippen LogP contribution in [0.2, 0.25) is 0 Å². The maximum atomic E-state index is 5.54. The zero-order valence-electron chi connectivity index (χ0n) is 7.36. The van der Waals surface area contributed by atoms with Crippen molar-refractivity contribution in [3.8, 4) is 0 Å². The van der Waals surface area contributed by atoms with E-state index in [-0.39, 0.29) is 0 Å². The van der Waals surface area contributed by atoms with Crippen LogP contribution in [0, 0.1) is 0 Å². The van der Waals surface area contributed by atoms with Crippen LogP contribution < -0.4 is 5.73 Å². The van der Waals surface area contributed by atoms with Gasteiger partial charge in [0.1, 0.15) is 11.6 Å². The fraction of sp³-hybridized carbons (Fsp3) is 0.222. The maximum absolute atomic E-state index is 5.54. The van der Waals surface area contributed by atoms with Crippen LogP contribution in [0.5, 0.6) is 0 Å². The molecule has 2 aromatic heterocycles. The van der Waals surface area contributed by atoms with Gasteiger partial charge in [0.2, 0.25) is 0 Å². The lowest BCUT2D eigenvalue weighted by atomic mass is 10.3. The quantitative estimate of drug-likeness (QED) is 0.704. The van der Waals surface area contributed by atoms with E-state index < -0.39 is 0 Å². The van der Waals surface area contributed by atoms with Crippen LogP contribution in [-0.4, -0.2) is 15.0 Å². The summed E-state index contributed by atoms with van der Waals surface area (Å²) in [5, 5.41) is 0.923. The summed E-state index contributed by atoms with van der Waals surface area (Å²) in [7, 11) is 0. The molecule has 0 unspecified atom stereocenters. The van der Waals surface area contributed by atoms with Gasteiger partial charge < -0.3 is 5.73 Å². The summed E-state index contributed by atoms with van der Waals surface area (Å²) in [6.45, 7) is 2.01. The first-order chi connectivity index (χ1) is 6.29. The summed E-state index contributed by atoms with van der Waals surface area (Å²) >= 11 is 0. The lowest BCUT2D eigenvalue weighted by Gasteiger charge is -1.99. The van der Waals surface area contributed by atoms with Crippen LogP contribution in [0.3, 0.4) is 0 Å². The Balaban J connectivity index is 2.68. The monoisotopic (exact) mass is 174 g/mol. The Labute approximate surface area is 75.8 Å². The highest BCUT2D eigenvalue weighted by Gasteiger charge is 1.99. The van der Waals surface area contributed by atoms with Crippen LogP contribution in [0.15, 0.2) is 18.3 Å². The van der Waals surface area contributed by atoms with E-state index in [1.54, 1.807) is 12.3 Å². The van der Waals surface area contributed by atoms with Crippen molar-refractivity contribution in [2.75, 3.05) is 5.73 Å². The average Bonchev–Trinajstić information content (AvgIpc) is 2.16. The number of fused-ring (bicyclic) bond motifs is 1. The van der Waals surface area contributed by atoms with E-state index in [1.165, 1.54) is 0 Å². The average molecular weight is 174 g/mol. The van der Waals surface area contributed by atoms with Gasteiger partial charge in [-0.25, -0.2) is 15.0 Å². The molecular weight excluding hydrogens is 164 g/mol. The SMILES string of the molecule is CCc1ncc2ccc(N)nc2n1. The van der Waals surface area contributed by atoms with E-state index in [4.69, 9.17) is 5.73 Å². The third kappa shape index (κ3) is 1.42. The van der Waals surface area contributed by atoms with Crippen molar-refractivity contribution in [2.45, 2.75) is 13.3 Å². The lowest BCUT2D eigenvalue weighted by Crippen LogP contribution is -1.96. The first-order valence-electron chi connectivity index (χ1n) is 4.17. The van der Waals surface area contributed by atoms with Gasteiger partial charge in [-0.3, -0.25) is 0 Å². The van der Waals surface area contributed by atoms with Gasteiger partial charge in [0.05, 0.1) is 0 Å². The molecule has 0 atom stereocenters. The Hall–Kier alpha value is -1.71. The molecule has 0 radical (unpaired) electrons. The highest BCUT2D eigenvalue weighted by molar-refractivity contribution is 5.75. The molecular formula is C9H10N4. The van der Waals surface area contributed by atoms with Gasteiger partial charge in [-0.2, -0.15) is 0 Å². The molecule has 2 rings (SSSR count). The number of nitrogens with zero attached hydrogens (tertiary/aromatic N) is 3. The molecule has 0 aliphatic carbocycles. The van der Waals surface area contributed by atoms with Crippen LogP contribution in [-0.2, 0) is 6.42 Å². The summed E-state index contributed by atoms with van der Waals surface area (Å²) in [6, 6.07) is 3.62. The summed E-state index contributed by atoms with van der Waals surface area (Å²) in [6.07, 6.45) is 2.58. The Morgan fingerprint density at radius 2 is 2.15 bits per heavy atom. The highest BCUT2D eigenvalue weighted by Crippen LogP contribution is 2.10. The molecule has 66 valence electrons. The van der Waals surface area contributed by atoms with Crippen molar-refractivity contribution in [1.82, 2.24) is 15.0 Å². The van der Waals surface area contributed by atoms with Crippen LogP contribution >= 0.6 is 0 Å². The number of aromatic nitrogens is 3. The van der Waals surface area contributed by atoms with E-state index in [1.807, 2.05) is 13.0 Å². The highest BCUT2D eigenvalue weighted by atomic mass is 15.0. The fourth-order valence-corrected chi connectivity index (χ4v) is 1.13. The predicted molar refractivity (Wildman–Crippen MR) is 51.1 cm³/mol. The minimum Gasteiger partial charge on any atom is -0.384 e. The van der Waals surface area contributed by atoms with Gasteiger partial charge in [-0.05, 0) is 12.1 Å². The molecule has 0 saturated heterocycles. The maximum Gasteiger partial charge on any atom is 0.165 e. The summed E-state index contributed by atoms with van der Waals surface area (Å²) in [5.74, 6) is 1.29. The van der Waals surface area contributed by atoms with Crippen LogP contribution in [0.1, 0.15) is 12.7 Å². The number of nitrogen functional groups attached to an aromatic ring is 1. The molecule has 0 aromatic carbocycles. The minimum atomic E-state index is 0.494. The molecule has 13 heavy (non-hydrogen) atoms. The number of hydrogen-bond donors (Lipinski definition) is 1. The second kappa shape index (κ2) is 2.97. The molecule has 0 aliphatic rings. The first kappa shape index (κ1) is 7.91. The zero-order valence-corrected chi connectivity index (χ0v) is 7.36. The zero-order chi connectivity index (χ0) is 9.26. The number of nitrogens with two attached hydrogens (primary N) is 1. The Morgan fingerprint density at radius 3 is 2.92 bits per heavy atom. The van der Waals surface area contributed by atoms with Gasteiger partial charge in [0.15, 0.2) is 5.65 Å². The van der Waals surface area contributed by atoms with Crippen molar-refractivity contribution in [3.63, 3.8) is 0 Å². The minimum absolute atomic E-state index is 0.494. The van der Waals surface area contributed by atoms with Crippen LogP contribution in [0.4, 0.5) is 5.82 Å². The van der Waals surface area contributed by atoms with Crippen LogP contribution in [0.25, 0.3) is 11.0 Å². The number of hydrogen-bond acceptors (Lipinski definition) is 4. The summed E-state index contributed by atoms with van der Waals surface area (Å²) in [5.41, 5.74) is 6.22. The van der Waals surface area contributed by atoms with Crippen molar-refractivity contribution in [1.29, 1.82) is 0 Å². The molecule has 0 saturated carbocycles. The summed E-state index contributed by atoms with van der Waals surface area (Å²) in [4.78, 5) is 12.5. The smallest absolute Gasteiger partial charge is 0.165 e. The Kier molecular flexibility index (Phi) is 1.81. The van der Waals surface area contributed by atoms with E-state index in [9.17, 15) is 0 Å². The van der Waals surface area contributed by atoms with Gasteiger partial charge in [0, 0.05) is 18.0 Å². The van der Waals surface area contributed by atoms with Crippen molar-refractivity contribution >= 4 is 16.9 Å². The first-order valence-corrected chi connectivity index (χ1v) is 4.17. The molecule has 0 fully saturated rings. The lowest BCUT2D eigenvalue weighted by molar-refractivity contribution is 0.954. The second-order valence-corrected chi connectivity index (χ2v) is 2.79. The van der Waals surface area contributed by atoms with Gasteiger partial charge in [-0.1, -0.05) is 6.92 Å². The van der Waals surface area contributed by atoms with Gasteiger partial charge in [0.25, 0.3) is 0 Å². The Morgan fingerprint density at radius 1 is 1.31 bits per heavy atom. The van der Waals surface area contributed by atoms with Gasteiger partial charge in [-0.15, -0.1) is 0 Å². The number of aryl methyl sites for hydroxylation is 1. The molecule has 0 aliphatic heterocycles. The third-order valence-corrected chi connectivity index (χ3v) is 1.83. The number of pyridine rings is 1. The number of rotatable bonds is 1. The summed E-state index contributed by atoms with van der Waals surface area (Å²) < 4.78 is 0. The molecule has 2 N–H and O–H groups in total. The molecule has 2 aromatic rings. The van der Waals surface area contributed by atoms with Crippen molar-refractivity contribution in [2.24, 2.45) is 0 Å². The molecule has 0 bridgehead atoms. The fourth-order valence-electron chi connectivity index (χ4n) is 1.13. The van der Waals surface area contributed by atoms with E-state index in [0.717, 1.165) is 17.6 Å². The van der Waals surface area contributed by atoms with Crippen molar-refractivity contribution < 1.29 is 0 Å².